The Balaban J connectivity index is 1.46. The highest BCUT2D eigenvalue weighted by Gasteiger charge is 2.36. The molecule has 4 aromatic rings. The molecular weight excluding hydrogens is 666 g/mol. The number of ether oxygens (including phenoxy) is 3. The van der Waals surface area contributed by atoms with E-state index in [1.54, 1.807) is 30.3 Å². The van der Waals surface area contributed by atoms with Crippen LogP contribution in [0.1, 0.15) is 23.5 Å². The average Bonchev–Trinajstić information content (AvgIpc) is 3.58. The third kappa shape index (κ3) is 6.95. The Morgan fingerprint density at radius 2 is 1.89 bits per heavy atom. The first-order valence-corrected chi connectivity index (χ1v) is 16.5. The van der Waals surface area contributed by atoms with Crippen LogP contribution in [0.25, 0.3) is 0 Å². The molecule has 1 fully saturated rings. The topological polar surface area (TPSA) is 131 Å². The number of methoxy groups -OCH3 is 2. The van der Waals surface area contributed by atoms with Crippen molar-refractivity contribution in [2.24, 2.45) is 5.92 Å². The third-order valence-electron chi connectivity index (χ3n) is 7.70. The van der Waals surface area contributed by atoms with Gasteiger partial charge in [-0.05, 0) is 54.3 Å². The molecule has 1 unspecified atom stereocenters. The van der Waals surface area contributed by atoms with E-state index < -0.39 is 44.3 Å². The maximum absolute atomic E-state index is 16.1. The second-order valence-electron chi connectivity index (χ2n) is 10.3. The summed E-state index contributed by atoms with van der Waals surface area (Å²) in [6, 6.07) is 13.4. The van der Waals surface area contributed by atoms with Crippen molar-refractivity contribution in [3.8, 4) is 17.2 Å². The summed E-state index contributed by atoms with van der Waals surface area (Å²) >= 11 is 6.81. The van der Waals surface area contributed by atoms with Gasteiger partial charge in [0.2, 0.25) is 5.13 Å². The van der Waals surface area contributed by atoms with Gasteiger partial charge >= 0.3 is 6.09 Å². The van der Waals surface area contributed by atoms with Crippen molar-refractivity contribution in [2.45, 2.75) is 23.8 Å². The molecule has 1 aliphatic heterocycles. The number of anilines is 1. The molecule has 1 aromatic heterocycles. The fourth-order valence-corrected chi connectivity index (χ4v) is 7.67. The van der Waals surface area contributed by atoms with Gasteiger partial charge in [0.15, 0.2) is 17.4 Å². The molecule has 11 nitrogen and oxygen atoms in total. The van der Waals surface area contributed by atoms with E-state index >= 15 is 8.78 Å². The average molecular weight is 695 g/mol. The SMILES string of the molecule is COc1ccc(CN(c2ncns2)S(=O)(=O)c2ccc(F)c(OCC3CN(C(=O)O)CC[C@@H]3c3ccc(Cl)cc3)c2F)c(OC)c1. The molecule has 16 heteroatoms. The van der Waals surface area contributed by atoms with Crippen molar-refractivity contribution in [3.05, 3.63) is 88.7 Å². The number of nitrogens with zero attached hydrogens (tertiary/aromatic N) is 4. The lowest BCUT2D eigenvalue weighted by molar-refractivity contribution is 0.0916. The van der Waals surface area contributed by atoms with Crippen LogP contribution < -0.4 is 18.5 Å². The van der Waals surface area contributed by atoms with Gasteiger partial charge in [-0.15, -0.1) is 0 Å². The molecule has 46 heavy (non-hydrogen) atoms. The molecule has 0 aliphatic carbocycles. The molecule has 1 amide bonds. The molecular formula is C30H29ClF2N4O7S2. The lowest BCUT2D eigenvalue weighted by Crippen LogP contribution is -2.44. The van der Waals surface area contributed by atoms with Crippen LogP contribution >= 0.6 is 23.1 Å². The quantitative estimate of drug-likeness (QED) is 0.200. The Morgan fingerprint density at radius 3 is 2.54 bits per heavy atom. The summed E-state index contributed by atoms with van der Waals surface area (Å²) in [6.07, 6.45) is 0.466. The third-order valence-corrected chi connectivity index (χ3v) is 10.5. The first kappa shape index (κ1) is 33.2. The predicted molar refractivity (Wildman–Crippen MR) is 167 cm³/mol. The molecule has 5 rings (SSSR count). The van der Waals surface area contributed by atoms with Gasteiger partial charge in [-0.2, -0.15) is 4.37 Å². The molecule has 2 atom stereocenters. The summed E-state index contributed by atoms with van der Waals surface area (Å²) in [5.41, 5.74) is 1.27. The van der Waals surface area contributed by atoms with E-state index in [0.29, 0.717) is 28.5 Å². The molecule has 1 saturated heterocycles. The number of benzene rings is 3. The van der Waals surface area contributed by atoms with Gasteiger partial charge in [-0.1, -0.05) is 23.7 Å². The van der Waals surface area contributed by atoms with E-state index in [1.165, 1.54) is 19.1 Å². The van der Waals surface area contributed by atoms with Crippen molar-refractivity contribution in [2.75, 3.05) is 38.2 Å². The molecule has 0 saturated carbocycles. The lowest BCUT2D eigenvalue weighted by atomic mass is 9.81. The Bertz CT molecular complexity index is 1800. The molecule has 0 radical (unpaired) electrons. The molecule has 1 aliphatic rings. The van der Waals surface area contributed by atoms with E-state index in [1.807, 2.05) is 12.1 Å². The van der Waals surface area contributed by atoms with Gasteiger partial charge in [0.25, 0.3) is 10.0 Å². The number of rotatable bonds is 11. The fourth-order valence-electron chi connectivity index (χ4n) is 5.35. The highest BCUT2D eigenvalue weighted by molar-refractivity contribution is 7.93. The van der Waals surface area contributed by atoms with Crippen LogP contribution in [0.15, 0.2) is 65.8 Å². The van der Waals surface area contributed by atoms with Crippen LogP contribution in [-0.2, 0) is 16.6 Å². The van der Waals surface area contributed by atoms with Gasteiger partial charge in [0, 0.05) is 47.2 Å². The Kier molecular flexibility index (Phi) is 10.1. The highest BCUT2D eigenvalue weighted by atomic mass is 35.5. The number of hydrogen-bond acceptors (Lipinski definition) is 9. The second kappa shape index (κ2) is 14.1. The van der Waals surface area contributed by atoms with Crippen LogP contribution in [0.5, 0.6) is 17.2 Å². The number of likely N-dealkylation sites (tertiary alicyclic amines) is 1. The lowest BCUT2D eigenvalue weighted by Gasteiger charge is -2.37. The van der Waals surface area contributed by atoms with E-state index in [9.17, 15) is 18.3 Å². The monoisotopic (exact) mass is 694 g/mol. The maximum atomic E-state index is 16.1. The summed E-state index contributed by atoms with van der Waals surface area (Å²) in [5, 5.41) is 10.1. The standard InChI is InChI=1S/C30H29ClF2N4O7S2/c1-42-22-8-5-19(25(13-22)43-2)15-37(29-34-17-35-45-29)46(40,41)26-10-9-24(32)28(27(26)33)44-16-20-14-36(30(38)39)12-11-23(20)18-3-6-21(31)7-4-18/h3-10,13,17,20,23H,11-12,14-16H2,1-2H3,(H,38,39)/t20?,23-/m1/s1. The summed E-state index contributed by atoms with van der Waals surface area (Å²) in [6.45, 7) is -0.320. The molecule has 0 bridgehead atoms. The normalized spacial score (nSPS) is 16.6. The number of carbonyl (C=O) groups is 1. The minimum absolute atomic E-state index is 0.0401. The van der Waals surface area contributed by atoms with Crippen LogP contribution in [0.2, 0.25) is 5.02 Å². The van der Waals surface area contributed by atoms with Crippen molar-refractivity contribution < 1.29 is 41.3 Å². The minimum Gasteiger partial charge on any atom is -0.497 e. The maximum Gasteiger partial charge on any atom is 0.407 e. The van der Waals surface area contributed by atoms with Crippen molar-refractivity contribution >= 4 is 44.4 Å². The van der Waals surface area contributed by atoms with Crippen LogP contribution in [-0.4, -0.2) is 67.8 Å². The van der Waals surface area contributed by atoms with Gasteiger partial charge < -0.3 is 24.2 Å². The zero-order valence-electron chi connectivity index (χ0n) is 24.6. The minimum atomic E-state index is -4.72. The zero-order chi connectivity index (χ0) is 33.0. The number of carboxylic acid groups (broad SMARTS) is 1. The first-order chi connectivity index (χ1) is 22.0. The molecule has 2 heterocycles. The van der Waals surface area contributed by atoms with E-state index in [0.717, 1.165) is 39.9 Å². The first-order valence-electron chi connectivity index (χ1n) is 13.9. The largest absolute Gasteiger partial charge is 0.497 e. The van der Waals surface area contributed by atoms with Crippen LogP contribution in [0.3, 0.4) is 0 Å². The molecule has 244 valence electrons. The second-order valence-corrected chi connectivity index (χ2v) is 13.4. The summed E-state index contributed by atoms with van der Waals surface area (Å²) in [4.78, 5) is 16.1. The van der Waals surface area contributed by atoms with Gasteiger partial charge in [0.1, 0.15) is 22.7 Å². The summed E-state index contributed by atoms with van der Waals surface area (Å²) < 4.78 is 80.3. The van der Waals surface area contributed by atoms with Gasteiger partial charge in [0.05, 0.1) is 27.4 Å². The Hall–Kier alpha value is -4.21. The number of sulfonamides is 1. The molecule has 3 aromatic carbocycles. The van der Waals surface area contributed by atoms with Crippen molar-refractivity contribution in [3.63, 3.8) is 0 Å². The fraction of sp³-hybridized carbons (Fsp3) is 0.300. The van der Waals surface area contributed by atoms with Crippen LogP contribution in [0.4, 0.5) is 18.7 Å². The number of hydrogen-bond donors (Lipinski definition) is 1. The smallest absolute Gasteiger partial charge is 0.407 e. The van der Waals surface area contributed by atoms with E-state index in [4.69, 9.17) is 25.8 Å². The van der Waals surface area contributed by atoms with Gasteiger partial charge in [-0.3, -0.25) is 0 Å². The van der Waals surface area contributed by atoms with E-state index in [2.05, 4.69) is 9.36 Å². The molecule has 1 N–H and O–H groups in total. The Morgan fingerprint density at radius 1 is 1.13 bits per heavy atom. The predicted octanol–water partition coefficient (Wildman–Crippen LogP) is 6.04. The van der Waals surface area contributed by atoms with Crippen molar-refractivity contribution in [1.82, 2.24) is 14.3 Å². The zero-order valence-corrected chi connectivity index (χ0v) is 27.0. The van der Waals surface area contributed by atoms with Crippen LogP contribution in [0, 0.1) is 17.6 Å². The summed E-state index contributed by atoms with van der Waals surface area (Å²) in [5.74, 6) is -3.40. The number of piperidine rings is 1. The van der Waals surface area contributed by atoms with Crippen molar-refractivity contribution in [1.29, 1.82) is 0 Å². The molecule has 0 spiro atoms. The number of aromatic nitrogens is 2. The highest BCUT2D eigenvalue weighted by Crippen LogP contribution is 2.37. The van der Waals surface area contributed by atoms with Gasteiger partial charge in [-0.25, -0.2) is 31.3 Å². The van der Waals surface area contributed by atoms with E-state index in [-0.39, 0.29) is 37.3 Å². The Labute approximate surface area is 273 Å². The summed E-state index contributed by atoms with van der Waals surface area (Å²) in [7, 11) is -1.84. The number of halogens is 3. The number of amides is 1.